The lowest BCUT2D eigenvalue weighted by Crippen LogP contribution is -2.51. The summed E-state index contributed by atoms with van der Waals surface area (Å²) in [5.74, 6) is 0.255. The molecule has 3 N–H and O–H groups in total. The van der Waals surface area contributed by atoms with Crippen LogP contribution in [0.1, 0.15) is 5.56 Å². The molecule has 8 heteroatoms. The van der Waals surface area contributed by atoms with Gasteiger partial charge in [-0.1, -0.05) is 12.1 Å². The molecule has 0 aliphatic carbocycles. The molecule has 1 fully saturated rings. The molecular weight excluding hydrogens is 331 g/mol. The lowest BCUT2D eigenvalue weighted by Gasteiger charge is -2.26. The molecule has 1 aliphatic heterocycles. The van der Waals surface area contributed by atoms with Crippen molar-refractivity contribution in [3.63, 3.8) is 0 Å². The SMILES string of the molecule is COCC(=O)NC[C@]1(O)CN(Cc2ccc(OCCF)cc2)C[C@H]1O. The summed E-state index contributed by atoms with van der Waals surface area (Å²) in [7, 11) is 1.41. The van der Waals surface area contributed by atoms with Crippen molar-refractivity contribution in [2.45, 2.75) is 18.2 Å². The Balaban J connectivity index is 1.86. The zero-order valence-corrected chi connectivity index (χ0v) is 14.3. The van der Waals surface area contributed by atoms with Crippen LogP contribution in [0.3, 0.4) is 0 Å². The fourth-order valence-corrected chi connectivity index (χ4v) is 2.81. The highest BCUT2D eigenvalue weighted by molar-refractivity contribution is 5.77. The summed E-state index contributed by atoms with van der Waals surface area (Å²) in [4.78, 5) is 13.4. The third-order valence-corrected chi connectivity index (χ3v) is 4.09. The summed E-state index contributed by atoms with van der Waals surface area (Å²) < 4.78 is 22.0. The van der Waals surface area contributed by atoms with Crippen molar-refractivity contribution >= 4 is 5.91 Å². The van der Waals surface area contributed by atoms with Crippen LogP contribution in [0, 0.1) is 0 Å². The van der Waals surface area contributed by atoms with E-state index in [1.54, 1.807) is 12.1 Å². The van der Waals surface area contributed by atoms with Gasteiger partial charge >= 0.3 is 0 Å². The van der Waals surface area contributed by atoms with Crippen LogP contribution >= 0.6 is 0 Å². The third-order valence-electron chi connectivity index (χ3n) is 4.09. The number of halogens is 1. The van der Waals surface area contributed by atoms with Crippen LogP contribution in [0.2, 0.25) is 0 Å². The number of ether oxygens (including phenoxy) is 2. The minimum atomic E-state index is -1.40. The first-order valence-corrected chi connectivity index (χ1v) is 8.13. The Kier molecular flexibility index (Phi) is 7.12. The molecule has 140 valence electrons. The second kappa shape index (κ2) is 9.10. The van der Waals surface area contributed by atoms with E-state index < -0.39 is 18.4 Å². The van der Waals surface area contributed by atoms with E-state index in [0.717, 1.165) is 5.56 Å². The first-order chi connectivity index (χ1) is 12.0. The molecule has 7 nitrogen and oxygen atoms in total. The predicted octanol–water partition coefficient (Wildman–Crippen LogP) is -0.295. The molecule has 1 aromatic carbocycles. The molecule has 1 aromatic rings. The molecule has 1 heterocycles. The number of amides is 1. The number of likely N-dealkylation sites (tertiary alicyclic amines) is 1. The fourth-order valence-electron chi connectivity index (χ4n) is 2.81. The van der Waals surface area contributed by atoms with Crippen molar-refractivity contribution in [1.82, 2.24) is 10.2 Å². The van der Waals surface area contributed by atoms with Crippen molar-refractivity contribution < 1.29 is 28.9 Å². The van der Waals surface area contributed by atoms with Gasteiger partial charge in [-0.3, -0.25) is 9.69 Å². The zero-order valence-electron chi connectivity index (χ0n) is 14.3. The number of aliphatic hydroxyl groups excluding tert-OH is 1. The molecule has 0 spiro atoms. The summed E-state index contributed by atoms with van der Waals surface area (Å²) in [6, 6.07) is 7.23. The maximum atomic E-state index is 12.1. The Morgan fingerprint density at radius 3 is 2.80 bits per heavy atom. The minimum Gasteiger partial charge on any atom is -0.491 e. The number of benzene rings is 1. The van der Waals surface area contributed by atoms with Crippen LogP contribution in [0.15, 0.2) is 24.3 Å². The van der Waals surface area contributed by atoms with Gasteiger partial charge in [0.1, 0.15) is 31.2 Å². The van der Waals surface area contributed by atoms with Crippen molar-refractivity contribution in [2.75, 3.05) is 46.6 Å². The number of alkyl halides is 1. The molecule has 1 saturated heterocycles. The van der Waals surface area contributed by atoms with Gasteiger partial charge in [-0.15, -0.1) is 0 Å². The number of hydrogen-bond donors (Lipinski definition) is 3. The van der Waals surface area contributed by atoms with Crippen LogP contribution in [-0.4, -0.2) is 79.4 Å². The number of β-amino-alcohol motifs (C(OH)–C–C–N with tert-alkyl or cyclic N) is 2. The molecule has 1 aliphatic rings. The van der Waals surface area contributed by atoms with Gasteiger partial charge in [0.05, 0.1) is 12.6 Å². The van der Waals surface area contributed by atoms with Crippen LogP contribution < -0.4 is 10.1 Å². The number of aliphatic hydroxyl groups is 2. The van der Waals surface area contributed by atoms with Gasteiger partial charge in [-0.05, 0) is 17.7 Å². The largest absolute Gasteiger partial charge is 0.491 e. The highest BCUT2D eigenvalue weighted by Crippen LogP contribution is 2.24. The normalized spacial score (nSPS) is 23.6. The van der Waals surface area contributed by atoms with Crippen molar-refractivity contribution in [3.8, 4) is 5.75 Å². The Labute approximate surface area is 146 Å². The number of hydrogen-bond acceptors (Lipinski definition) is 6. The molecular formula is C17H25FN2O5. The number of carbonyl (C=O) groups excluding carboxylic acids is 1. The van der Waals surface area contributed by atoms with E-state index in [-0.39, 0.29) is 32.2 Å². The van der Waals surface area contributed by atoms with Gasteiger partial charge in [0.25, 0.3) is 0 Å². The molecule has 2 atom stereocenters. The second-order valence-corrected chi connectivity index (χ2v) is 6.18. The molecule has 0 aromatic heterocycles. The quantitative estimate of drug-likeness (QED) is 0.563. The van der Waals surface area contributed by atoms with Gasteiger partial charge in [-0.25, -0.2) is 4.39 Å². The Hall–Kier alpha value is -1.74. The highest BCUT2D eigenvalue weighted by Gasteiger charge is 2.44. The van der Waals surface area contributed by atoms with E-state index in [1.807, 2.05) is 17.0 Å². The van der Waals surface area contributed by atoms with Crippen LogP contribution in [0.5, 0.6) is 5.75 Å². The lowest BCUT2D eigenvalue weighted by atomic mass is 10.0. The first-order valence-electron chi connectivity index (χ1n) is 8.13. The van der Waals surface area contributed by atoms with Crippen molar-refractivity contribution in [1.29, 1.82) is 0 Å². The maximum absolute atomic E-state index is 12.1. The number of nitrogens with one attached hydrogen (secondary N) is 1. The molecule has 0 radical (unpaired) electrons. The maximum Gasteiger partial charge on any atom is 0.246 e. The summed E-state index contributed by atoms with van der Waals surface area (Å²) >= 11 is 0. The molecule has 2 rings (SSSR count). The molecule has 25 heavy (non-hydrogen) atoms. The number of carbonyl (C=O) groups is 1. The Morgan fingerprint density at radius 2 is 2.16 bits per heavy atom. The van der Waals surface area contributed by atoms with Gasteiger partial charge in [0.15, 0.2) is 0 Å². The van der Waals surface area contributed by atoms with Gasteiger partial charge < -0.3 is 25.0 Å². The van der Waals surface area contributed by atoms with Gasteiger partial charge in [-0.2, -0.15) is 0 Å². The fraction of sp³-hybridized carbons (Fsp3) is 0.588. The summed E-state index contributed by atoms with van der Waals surface area (Å²) in [5, 5.41) is 23.3. The van der Waals surface area contributed by atoms with Gasteiger partial charge in [0, 0.05) is 26.7 Å². The average Bonchev–Trinajstić information content (AvgIpc) is 2.87. The van der Waals surface area contributed by atoms with Crippen LogP contribution in [0.25, 0.3) is 0 Å². The molecule has 0 bridgehead atoms. The van der Waals surface area contributed by atoms with Gasteiger partial charge in [0.2, 0.25) is 5.91 Å². The lowest BCUT2D eigenvalue weighted by molar-refractivity contribution is -0.126. The number of methoxy groups -OCH3 is 1. The Morgan fingerprint density at radius 1 is 1.44 bits per heavy atom. The first kappa shape index (κ1) is 19.6. The minimum absolute atomic E-state index is 0.0273. The topological polar surface area (TPSA) is 91.3 Å². The monoisotopic (exact) mass is 356 g/mol. The second-order valence-electron chi connectivity index (χ2n) is 6.18. The molecule has 1 amide bonds. The van der Waals surface area contributed by atoms with E-state index in [9.17, 15) is 19.4 Å². The Bertz CT molecular complexity index is 556. The van der Waals surface area contributed by atoms with Crippen molar-refractivity contribution in [2.24, 2.45) is 0 Å². The predicted molar refractivity (Wildman–Crippen MR) is 89.0 cm³/mol. The van der Waals surface area contributed by atoms with E-state index in [4.69, 9.17) is 9.47 Å². The van der Waals surface area contributed by atoms with Crippen LogP contribution in [-0.2, 0) is 16.1 Å². The van der Waals surface area contributed by atoms with E-state index >= 15 is 0 Å². The number of rotatable bonds is 9. The van der Waals surface area contributed by atoms with E-state index in [2.05, 4.69) is 5.32 Å². The number of nitrogens with zero attached hydrogens (tertiary/aromatic N) is 1. The van der Waals surface area contributed by atoms with E-state index in [1.165, 1.54) is 7.11 Å². The summed E-state index contributed by atoms with van der Waals surface area (Å²) in [6.45, 7) is 0.440. The smallest absolute Gasteiger partial charge is 0.246 e. The average molecular weight is 356 g/mol. The zero-order chi connectivity index (χ0) is 18.3. The summed E-state index contributed by atoms with van der Waals surface area (Å²) in [5.41, 5.74) is -0.416. The van der Waals surface area contributed by atoms with E-state index in [0.29, 0.717) is 18.8 Å². The standard InChI is InChI=1S/C17H25FN2O5/c1-24-10-16(22)19-11-17(23)12-20(9-15(17)21)8-13-2-4-14(5-3-13)25-7-6-18/h2-5,15,21,23H,6-12H2,1H3,(H,19,22)/t15-,17+/m1/s1. The molecule has 0 unspecified atom stereocenters. The highest BCUT2D eigenvalue weighted by atomic mass is 19.1. The summed E-state index contributed by atoms with van der Waals surface area (Å²) in [6.07, 6.45) is -0.956. The van der Waals surface area contributed by atoms with Crippen molar-refractivity contribution in [3.05, 3.63) is 29.8 Å². The van der Waals surface area contributed by atoms with Crippen LogP contribution in [0.4, 0.5) is 4.39 Å². The third kappa shape index (κ3) is 5.64. The molecule has 0 saturated carbocycles.